The third-order valence-electron chi connectivity index (χ3n) is 5.30. The third-order valence-corrected chi connectivity index (χ3v) is 5.30. The van der Waals surface area contributed by atoms with Gasteiger partial charge in [-0.25, -0.2) is 0 Å². The summed E-state index contributed by atoms with van der Waals surface area (Å²) in [4.78, 5) is 9.25. The number of unbranched alkanes of at least 4 members (excludes halogenated alkanes) is 11. The Kier molecular flexibility index (Phi) is 21.6. The summed E-state index contributed by atoms with van der Waals surface area (Å²) in [6.07, 6.45) is 20.1. The molecule has 0 fully saturated rings. The minimum Gasteiger partial charge on any atom is -0.276 e. The lowest BCUT2D eigenvalue weighted by Crippen LogP contribution is -2.02. The van der Waals surface area contributed by atoms with E-state index in [4.69, 9.17) is 4.84 Å². The number of nitrogens with one attached hydrogen (secondary N) is 1. The zero-order chi connectivity index (χ0) is 24.2. The summed E-state index contributed by atoms with van der Waals surface area (Å²) in [5, 5.41) is 0. The van der Waals surface area contributed by atoms with Gasteiger partial charge in [-0.3, -0.25) is 15.3 Å². The molecule has 0 aliphatic heterocycles. The Bertz CT molecular complexity index is 637. The van der Waals surface area contributed by atoms with E-state index < -0.39 is 0 Å². The molecule has 3 heteroatoms. The van der Waals surface area contributed by atoms with Gasteiger partial charge in [0.2, 0.25) is 0 Å². The lowest BCUT2D eigenvalue weighted by molar-refractivity contribution is 0.187. The van der Waals surface area contributed by atoms with Crippen molar-refractivity contribution >= 4 is 5.69 Å². The number of hydrogen-bond donors (Lipinski definition) is 1. The highest BCUT2D eigenvalue weighted by Crippen LogP contribution is 2.12. The van der Waals surface area contributed by atoms with Crippen LogP contribution in [0.3, 0.4) is 0 Å². The number of benzene rings is 2. The lowest BCUT2D eigenvalue weighted by atomic mass is 10.1. The van der Waals surface area contributed by atoms with Crippen LogP contribution in [0.25, 0.3) is 0 Å². The van der Waals surface area contributed by atoms with E-state index in [-0.39, 0.29) is 0 Å². The quantitative estimate of drug-likeness (QED) is 0.180. The molecule has 186 valence electrons. The van der Waals surface area contributed by atoms with Crippen LogP contribution in [0.15, 0.2) is 97.3 Å². The molecule has 1 heterocycles. The minimum atomic E-state index is 0.798. The van der Waals surface area contributed by atoms with Crippen molar-refractivity contribution in [1.82, 2.24) is 4.98 Å². The maximum absolute atomic E-state index is 5.46. The molecular formula is C31H46N2O. The molecular weight excluding hydrogens is 416 g/mol. The second-order valence-electron chi connectivity index (χ2n) is 8.38. The topological polar surface area (TPSA) is 34.1 Å². The van der Waals surface area contributed by atoms with Gasteiger partial charge in [0.05, 0.1) is 12.3 Å². The average Bonchev–Trinajstić information content (AvgIpc) is 2.92. The Balaban J connectivity index is 0.000000385. The highest BCUT2D eigenvalue weighted by molar-refractivity contribution is 5.39. The lowest BCUT2D eigenvalue weighted by Gasteiger charge is -2.06. The molecule has 34 heavy (non-hydrogen) atoms. The molecule has 1 aromatic heterocycles. The van der Waals surface area contributed by atoms with Gasteiger partial charge < -0.3 is 0 Å². The van der Waals surface area contributed by atoms with Crippen molar-refractivity contribution in [3.8, 4) is 0 Å². The van der Waals surface area contributed by atoms with E-state index >= 15 is 0 Å². The van der Waals surface area contributed by atoms with Crippen molar-refractivity contribution in [1.29, 1.82) is 0 Å². The van der Waals surface area contributed by atoms with E-state index in [9.17, 15) is 0 Å². The van der Waals surface area contributed by atoms with Crippen molar-refractivity contribution in [2.75, 3.05) is 12.1 Å². The third kappa shape index (κ3) is 21.2. The van der Waals surface area contributed by atoms with Crippen LogP contribution >= 0.6 is 0 Å². The summed E-state index contributed by atoms with van der Waals surface area (Å²) in [5.74, 6) is 0. The van der Waals surface area contributed by atoms with E-state index in [2.05, 4.69) is 17.4 Å². The van der Waals surface area contributed by atoms with Gasteiger partial charge in [0.1, 0.15) is 0 Å². The molecule has 0 saturated carbocycles. The maximum Gasteiger partial charge on any atom is 0.0746 e. The fraction of sp³-hybridized carbons (Fsp3) is 0.452. The smallest absolute Gasteiger partial charge is 0.0746 e. The Morgan fingerprint density at radius 2 is 0.941 bits per heavy atom. The predicted molar refractivity (Wildman–Crippen MR) is 148 cm³/mol. The van der Waals surface area contributed by atoms with Crippen LogP contribution in [0.2, 0.25) is 0 Å². The predicted octanol–water partition coefficient (Wildman–Crippen LogP) is 9.50. The molecule has 0 amide bonds. The van der Waals surface area contributed by atoms with Crippen molar-refractivity contribution in [3.63, 3.8) is 0 Å². The number of para-hydroxylation sites is 1. The molecule has 0 bridgehead atoms. The van der Waals surface area contributed by atoms with Crippen LogP contribution in [0.1, 0.15) is 84.0 Å². The molecule has 0 aliphatic rings. The standard InChI is InChI=1S/C20H35NO.C6H6.C5H5N/c1-2-3-4-5-6-7-8-9-10-11-12-16-19-22-21-20-17-14-13-15-18-20;2*1-2-4-6-5-3-1/h13-15,17-18,21H,2-12,16,19H2,1H3;1-6H;1-5H. The molecule has 3 rings (SSSR count). The Labute approximate surface area is 209 Å². The molecule has 0 unspecified atom stereocenters. The minimum absolute atomic E-state index is 0.798. The molecule has 3 aromatic rings. The van der Waals surface area contributed by atoms with E-state index in [1.165, 1.54) is 70.6 Å². The molecule has 3 nitrogen and oxygen atoms in total. The first-order valence-electron chi connectivity index (χ1n) is 13.2. The molecule has 0 saturated heterocycles. The molecule has 0 aliphatic carbocycles. The number of rotatable bonds is 15. The number of nitrogens with zero attached hydrogens (tertiary/aromatic N) is 1. The Morgan fingerprint density at radius 3 is 1.35 bits per heavy atom. The monoisotopic (exact) mass is 462 g/mol. The Hall–Kier alpha value is -2.65. The van der Waals surface area contributed by atoms with Crippen LogP contribution in [0.5, 0.6) is 0 Å². The van der Waals surface area contributed by atoms with Gasteiger partial charge >= 0.3 is 0 Å². The van der Waals surface area contributed by atoms with Crippen LogP contribution in [0, 0.1) is 0 Å². The van der Waals surface area contributed by atoms with Crippen LogP contribution in [0.4, 0.5) is 5.69 Å². The van der Waals surface area contributed by atoms with Crippen LogP contribution in [-0.4, -0.2) is 11.6 Å². The van der Waals surface area contributed by atoms with Gasteiger partial charge in [-0.1, -0.05) is 138 Å². The number of aromatic nitrogens is 1. The van der Waals surface area contributed by atoms with Crippen molar-refractivity contribution < 1.29 is 4.84 Å². The number of hydrogen-bond acceptors (Lipinski definition) is 3. The second-order valence-corrected chi connectivity index (χ2v) is 8.38. The van der Waals surface area contributed by atoms with Crippen LogP contribution < -0.4 is 5.48 Å². The number of pyridine rings is 1. The van der Waals surface area contributed by atoms with Crippen molar-refractivity contribution in [2.24, 2.45) is 0 Å². The fourth-order valence-electron chi connectivity index (χ4n) is 3.35. The van der Waals surface area contributed by atoms with Crippen LogP contribution in [-0.2, 0) is 4.84 Å². The van der Waals surface area contributed by atoms with Gasteiger partial charge in [0.15, 0.2) is 0 Å². The average molecular weight is 463 g/mol. The molecule has 2 aromatic carbocycles. The Morgan fingerprint density at radius 1 is 0.529 bits per heavy atom. The molecule has 0 spiro atoms. The van der Waals surface area contributed by atoms with Gasteiger partial charge in [-0.2, -0.15) is 0 Å². The molecule has 1 N–H and O–H groups in total. The van der Waals surface area contributed by atoms with E-state index in [1.807, 2.05) is 84.9 Å². The highest BCUT2D eigenvalue weighted by atomic mass is 16.6. The first-order valence-corrected chi connectivity index (χ1v) is 13.2. The van der Waals surface area contributed by atoms with E-state index in [1.54, 1.807) is 12.4 Å². The maximum atomic E-state index is 5.46. The van der Waals surface area contributed by atoms with Crippen molar-refractivity contribution in [2.45, 2.75) is 84.0 Å². The van der Waals surface area contributed by atoms with E-state index in [0.717, 1.165) is 18.7 Å². The zero-order valence-electron chi connectivity index (χ0n) is 21.3. The summed E-state index contributed by atoms with van der Waals surface area (Å²) in [7, 11) is 0. The first-order chi connectivity index (χ1) is 16.9. The summed E-state index contributed by atoms with van der Waals surface area (Å²) >= 11 is 0. The van der Waals surface area contributed by atoms with Crippen molar-refractivity contribution in [3.05, 3.63) is 97.3 Å². The normalized spacial score (nSPS) is 9.79. The summed E-state index contributed by atoms with van der Waals surface area (Å²) in [6.45, 7) is 3.08. The van der Waals surface area contributed by atoms with Gasteiger partial charge in [0, 0.05) is 12.4 Å². The number of anilines is 1. The molecule has 0 atom stereocenters. The summed E-state index contributed by atoms with van der Waals surface area (Å²) < 4.78 is 0. The van der Waals surface area contributed by atoms with Gasteiger partial charge in [-0.05, 0) is 30.7 Å². The largest absolute Gasteiger partial charge is 0.276 e. The second kappa shape index (κ2) is 25.0. The zero-order valence-corrected chi connectivity index (χ0v) is 21.3. The highest BCUT2D eigenvalue weighted by Gasteiger charge is 1.94. The van der Waals surface area contributed by atoms with Gasteiger partial charge in [-0.15, -0.1) is 0 Å². The summed E-state index contributed by atoms with van der Waals surface area (Å²) in [5.41, 5.74) is 4.01. The van der Waals surface area contributed by atoms with E-state index in [0.29, 0.717) is 0 Å². The fourth-order valence-corrected chi connectivity index (χ4v) is 3.35. The SMILES string of the molecule is CCCCCCCCCCCCCCONc1ccccc1.c1ccccc1.c1ccncc1. The molecule has 0 radical (unpaired) electrons. The van der Waals surface area contributed by atoms with Gasteiger partial charge in [0.25, 0.3) is 0 Å². The summed E-state index contributed by atoms with van der Waals surface area (Å²) in [6, 6.07) is 27.8. The first kappa shape index (κ1) is 29.4.